The van der Waals surface area contributed by atoms with E-state index in [1.807, 2.05) is 0 Å². The first-order chi connectivity index (χ1) is 9.38. The van der Waals surface area contributed by atoms with Crippen LogP contribution in [0.2, 0.25) is 15.2 Å². The number of halogens is 3. The summed E-state index contributed by atoms with van der Waals surface area (Å²) in [6.07, 6.45) is 0. The minimum atomic E-state index is -0.796. The Morgan fingerprint density at radius 1 is 1.20 bits per heavy atom. The number of hydrogen-bond donors (Lipinski definition) is 1. The van der Waals surface area contributed by atoms with Crippen LogP contribution in [0.25, 0.3) is 0 Å². The number of benzene rings is 1. The maximum absolute atomic E-state index is 11.7. The van der Waals surface area contributed by atoms with Crippen molar-refractivity contribution in [2.75, 3.05) is 4.90 Å². The van der Waals surface area contributed by atoms with E-state index in [1.54, 1.807) is 25.1 Å². The average molecular weight is 332 g/mol. The maximum Gasteiger partial charge on any atom is 0.326 e. The molecule has 0 aliphatic rings. The largest absolute Gasteiger partial charge is 0.351 e. The number of anilines is 2. The van der Waals surface area contributed by atoms with Gasteiger partial charge in [0, 0.05) is 10.7 Å². The Kier molecular flexibility index (Phi) is 4.32. The van der Waals surface area contributed by atoms with E-state index >= 15 is 0 Å². The second-order valence-corrected chi connectivity index (χ2v) is 5.13. The average Bonchev–Trinajstić information content (AvgIpc) is 2.32. The van der Waals surface area contributed by atoms with Crippen LogP contribution in [0, 0.1) is 6.92 Å². The number of aromatic nitrogens is 2. The van der Waals surface area contributed by atoms with Gasteiger partial charge in [0.05, 0.1) is 10.7 Å². The Bertz CT molecular complexity index is 657. The number of carbonyl (C=O) groups excluding carboxylic acids is 1. The van der Waals surface area contributed by atoms with Crippen LogP contribution in [0.15, 0.2) is 24.3 Å². The lowest BCUT2D eigenvalue weighted by molar-refractivity contribution is 0.256. The van der Waals surface area contributed by atoms with Gasteiger partial charge in [-0.3, -0.25) is 0 Å². The van der Waals surface area contributed by atoms with E-state index in [4.69, 9.17) is 40.5 Å². The van der Waals surface area contributed by atoms with Crippen molar-refractivity contribution in [2.45, 2.75) is 6.92 Å². The van der Waals surface area contributed by atoms with Crippen LogP contribution in [-0.2, 0) is 0 Å². The van der Waals surface area contributed by atoms with Crippen molar-refractivity contribution in [3.8, 4) is 0 Å². The number of rotatable bonds is 2. The quantitative estimate of drug-likeness (QED) is 0.846. The molecule has 8 heteroatoms. The molecule has 2 amide bonds. The zero-order valence-electron chi connectivity index (χ0n) is 10.3. The molecule has 0 spiro atoms. The zero-order valence-corrected chi connectivity index (χ0v) is 12.5. The minimum Gasteiger partial charge on any atom is -0.351 e. The highest BCUT2D eigenvalue weighted by Gasteiger charge is 2.21. The van der Waals surface area contributed by atoms with Gasteiger partial charge in [0.1, 0.15) is 5.15 Å². The summed E-state index contributed by atoms with van der Waals surface area (Å²) in [6, 6.07) is 5.40. The van der Waals surface area contributed by atoms with Crippen molar-refractivity contribution in [2.24, 2.45) is 5.73 Å². The fourth-order valence-corrected chi connectivity index (χ4v) is 2.20. The number of nitrogens with two attached hydrogens (primary N) is 1. The SMILES string of the molecule is Cc1cc(Cl)nc(N(C(N)=O)c2cc(Cl)ccc2Cl)n1. The van der Waals surface area contributed by atoms with E-state index in [0.29, 0.717) is 10.7 Å². The molecule has 2 rings (SSSR count). The van der Waals surface area contributed by atoms with E-state index in [2.05, 4.69) is 9.97 Å². The number of hydrogen-bond acceptors (Lipinski definition) is 3. The van der Waals surface area contributed by atoms with Gasteiger partial charge in [-0.1, -0.05) is 34.8 Å². The first-order valence-electron chi connectivity index (χ1n) is 5.44. The molecule has 0 bridgehead atoms. The summed E-state index contributed by atoms with van der Waals surface area (Å²) >= 11 is 17.8. The highest BCUT2D eigenvalue weighted by atomic mass is 35.5. The van der Waals surface area contributed by atoms with Crippen molar-refractivity contribution in [1.82, 2.24) is 9.97 Å². The molecular weight excluding hydrogens is 323 g/mol. The molecule has 0 atom stereocenters. The minimum absolute atomic E-state index is 0.0340. The maximum atomic E-state index is 11.7. The van der Waals surface area contributed by atoms with Crippen molar-refractivity contribution in [3.63, 3.8) is 0 Å². The van der Waals surface area contributed by atoms with Gasteiger partial charge in [0.15, 0.2) is 0 Å². The standard InChI is InChI=1S/C12H9Cl3N4O/c1-6-4-10(15)18-12(17-6)19(11(16)20)9-5-7(13)2-3-8(9)14/h2-5H,1H3,(H2,16,20). The molecule has 0 aliphatic heterocycles. The Morgan fingerprint density at radius 3 is 2.50 bits per heavy atom. The van der Waals surface area contributed by atoms with Gasteiger partial charge in [0.2, 0.25) is 5.95 Å². The molecule has 5 nitrogen and oxygen atoms in total. The summed E-state index contributed by atoms with van der Waals surface area (Å²) in [7, 11) is 0. The summed E-state index contributed by atoms with van der Waals surface area (Å²) in [6.45, 7) is 1.72. The van der Waals surface area contributed by atoms with Gasteiger partial charge in [-0.2, -0.15) is 0 Å². The number of amides is 2. The Balaban J connectivity index is 2.62. The van der Waals surface area contributed by atoms with Gasteiger partial charge < -0.3 is 5.73 Å². The Labute approximate surface area is 130 Å². The number of carbonyl (C=O) groups is 1. The third kappa shape index (κ3) is 3.12. The van der Waals surface area contributed by atoms with Crippen LogP contribution in [0.5, 0.6) is 0 Å². The van der Waals surface area contributed by atoms with E-state index in [1.165, 1.54) is 6.07 Å². The number of nitrogens with zero attached hydrogens (tertiary/aromatic N) is 3. The number of aryl methyl sites for hydroxylation is 1. The van der Waals surface area contributed by atoms with Crippen LogP contribution >= 0.6 is 34.8 Å². The Morgan fingerprint density at radius 2 is 1.90 bits per heavy atom. The summed E-state index contributed by atoms with van der Waals surface area (Å²) in [5.74, 6) is 0.0340. The summed E-state index contributed by atoms with van der Waals surface area (Å²) < 4.78 is 0. The van der Waals surface area contributed by atoms with Gasteiger partial charge in [-0.25, -0.2) is 19.7 Å². The van der Waals surface area contributed by atoms with Gasteiger partial charge in [-0.05, 0) is 31.2 Å². The summed E-state index contributed by atoms with van der Waals surface area (Å²) in [5.41, 5.74) is 6.25. The molecule has 1 heterocycles. The van der Waals surface area contributed by atoms with Gasteiger partial charge in [0.25, 0.3) is 0 Å². The molecule has 0 saturated carbocycles. The highest BCUT2D eigenvalue weighted by Crippen LogP contribution is 2.32. The topological polar surface area (TPSA) is 72.1 Å². The lowest BCUT2D eigenvalue weighted by Crippen LogP contribution is -2.33. The van der Waals surface area contributed by atoms with Gasteiger partial charge in [-0.15, -0.1) is 0 Å². The van der Waals surface area contributed by atoms with Crippen LogP contribution in [0.3, 0.4) is 0 Å². The van der Waals surface area contributed by atoms with E-state index in [-0.39, 0.29) is 21.8 Å². The lowest BCUT2D eigenvalue weighted by atomic mass is 10.3. The third-order valence-corrected chi connectivity index (χ3v) is 3.13. The van der Waals surface area contributed by atoms with Crippen molar-refractivity contribution in [3.05, 3.63) is 45.2 Å². The number of urea groups is 1. The Hall–Kier alpha value is -1.56. The van der Waals surface area contributed by atoms with Gasteiger partial charge >= 0.3 is 6.03 Å². The summed E-state index contributed by atoms with van der Waals surface area (Å²) in [4.78, 5) is 20.9. The first-order valence-corrected chi connectivity index (χ1v) is 6.57. The van der Waals surface area contributed by atoms with E-state index < -0.39 is 6.03 Å². The lowest BCUT2D eigenvalue weighted by Gasteiger charge is -2.20. The van der Waals surface area contributed by atoms with Crippen LogP contribution in [0.4, 0.5) is 16.4 Å². The molecule has 0 fully saturated rings. The number of primary amides is 1. The first kappa shape index (κ1) is 14.8. The predicted molar refractivity (Wildman–Crippen MR) is 80.0 cm³/mol. The summed E-state index contributed by atoms with van der Waals surface area (Å²) in [5, 5.41) is 0.876. The molecule has 0 saturated heterocycles. The molecule has 0 unspecified atom stereocenters. The molecule has 2 aromatic rings. The van der Waals surface area contributed by atoms with Crippen molar-refractivity contribution >= 4 is 52.5 Å². The predicted octanol–water partition coefficient (Wildman–Crippen LogP) is 3.96. The second kappa shape index (κ2) is 5.83. The highest BCUT2D eigenvalue weighted by molar-refractivity contribution is 6.36. The van der Waals surface area contributed by atoms with Crippen LogP contribution < -0.4 is 10.6 Å². The second-order valence-electron chi connectivity index (χ2n) is 3.90. The fourth-order valence-electron chi connectivity index (χ4n) is 1.60. The molecule has 104 valence electrons. The molecular formula is C12H9Cl3N4O. The van der Waals surface area contributed by atoms with Crippen molar-refractivity contribution in [1.29, 1.82) is 0 Å². The van der Waals surface area contributed by atoms with E-state index in [9.17, 15) is 4.79 Å². The molecule has 1 aromatic heterocycles. The van der Waals surface area contributed by atoms with E-state index in [0.717, 1.165) is 4.90 Å². The normalized spacial score (nSPS) is 10.4. The zero-order chi connectivity index (χ0) is 14.9. The molecule has 0 aliphatic carbocycles. The monoisotopic (exact) mass is 330 g/mol. The molecule has 20 heavy (non-hydrogen) atoms. The van der Waals surface area contributed by atoms with Crippen LogP contribution in [-0.4, -0.2) is 16.0 Å². The van der Waals surface area contributed by atoms with Crippen molar-refractivity contribution < 1.29 is 4.79 Å². The third-order valence-electron chi connectivity index (χ3n) is 2.38. The van der Waals surface area contributed by atoms with Crippen LogP contribution in [0.1, 0.15) is 5.69 Å². The smallest absolute Gasteiger partial charge is 0.326 e. The molecule has 2 N–H and O–H groups in total. The molecule has 1 aromatic carbocycles. The fraction of sp³-hybridized carbons (Fsp3) is 0.0833. The molecule has 0 radical (unpaired) electrons.